The van der Waals surface area contributed by atoms with E-state index in [1.54, 1.807) is 23.9 Å². The first kappa shape index (κ1) is 21.3. The summed E-state index contributed by atoms with van der Waals surface area (Å²) in [6, 6.07) is 7.12. The van der Waals surface area contributed by atoms with Gasteiger partial charge in [0.1, 0.15) is 5.82 Å². The van der Waals surface area contributed by atoms with Gasteiger partial charge in [-0.3, -0.25) is 0 Å². The fourth-order valence-corrected chi connectivity index (χ4v) is 5.43. The number of hydrogen-bond acceptors (Lipinski definition) is 6. The molecule has 5 rings (SSSR count). The van der Waals surface area contributed by atoms with E-state index in [0.717, 1.165) is 48.6 Å². The molecule has 1 saturated carbocycles. The van der Waals surface area contributed by atoms with Crippen LogP contribution in [0.1, 0.15) is 24.1 Å². The molecule has 0 bridgehead atoms. The maximum Gasteiger partial charge on any atom is 0.202 e. The van der Waals surface area contributed by atoms with Crippen LogP contribution in [-0.2, 0) is 12.5 Å². The largest absolute Gasteiger partial charge is 0.440 e. The Labute approximate surface area is 185 Å². The third kappa shape index (κ3) is 3.76. The van der Waals surface area contributed by atoms with Crippen LogP contribution in [0.25, 0.3) is 11.6 Å². The smallest absolute Gasteiger partial charge is 0.202 e. The van der Waals surface area contributed by atoms with Crippen molar-refractivity contribution in [3.8, 4) is 11.6 Å². The molecular weight excluding hydrogens is 425 g/mol. The van der Waals surface area contributed by atoms with Crippen LogP contribution in [0.2, 0.25) is 0 Å². The number of halogens is 2. The van der Waals surface area contributed by atoms with Crippen molar-refractivity contribution in [2.24, 2.45) is 13.0 Å². The van der Waals surface area contributed by atoms with Gasteiger partial charge in [-0.05, 0) is 49.9 Å². The van der Waals surface area contributed by atoms with Crippen LogP contribution in [0.3, 0.4) is 0 Å². The Morgan fingerprint density at radius 3 is 2.80 bits per heavy atom. The maximum absolute atomic E-state index is 13.2. The summed E-state index contributed by atoms with van der Waals surface area (Å²) < 4.78 is 20.6. The van der Waals surface area contributed by atoms with Crippen molar-refractivity contribution >= 4 is 24.2 Å². The molecule has 0 N–H and O–H groups in total. The van der Waals surface area contributed by atoms with Crippen molar-refractivity contribution in [2.75, 3.05) is 25.4 Å². The fraction of sp³-hybridized carbons (Fsp3) is 0.476. The lowest BCUT2D eigenvalue weighted by Crippen LogP contribution is -2.27. The summed E-state index contributed by atoms with van der Waals surface area (Å²) in [5.74, 6) is 2.95. The molecule has 1 aromatic carbocycles. The van der Waals surface area contributed by atoms with Gasteiger partial charge < -0.3 is 13.9 Å². The molecule has 2 unspecified atom stereocenters. The second-order valence-corrected chi connectivity index (χ2v) is 9.20. The molecule has 1 aliphatic carbocycles. The van der Waals surface area contributed by atoms with Crippen molar-refractivity contribution in [1.29, 1.82) is 0 Å². The number of fused-ring (bicyclic) bond motifs is 1. The lowest BCUT2D eigenvalue weighted by atomic mass is 9.95. The summed E-state index contributed by atoms with van der Waals surface area (Å²) in [5.41, 5.74) is 2.39. The molecule has 1 aliphatic heterocycles. The predicted octanol–water partition coefficient (Wildman–Crippen LogP) is 4.10. The summed E-state index contributed by atoms with van der Waals surface area (Å²) in [6.07, 6.45) is 3.78. The number of aryl methyl sites for hydroxylation is 1. The summed E-state index contributed by atoms with van der Waals surface area (Å²) in [7, 11) is 1.96. The van der Waals surface area contributed by atoms with Crippen LogP contribution in [0.15, 0.2) is 40.2 Å². The summed E-state index contributed by atoms with van der Waals surface area (Å²) >= 11 is 1.72. The van der Waals surface area contributed by atoms with Gasteiger partial charge in [-0.25, -0.2) is 9.37 Å². The molecule has 2 atom stereocenters. The van der Waals surface area contributed by atoms with E-state index in [1.807, 2.05) is 30.7 Å². The number of nitrogens with zero attached hydrogens (tertiary/aromatic N) is 5. The molecule has 3 aromatic rings. The van der Waals surface area contributed by atoms with Crippen LogP contribution in [0.4, 0.5) is 4.39 Å². The SMILES string of the molecule is Cc1ncoc1-c1nnc(SCCCN2CC3CC3(c3ccc(F)cc3)C2)n1C.Cl. The van der Waals surface area contributed by atoms with Crippen molar-refractivity contribution in [1.82, 2.24) is 24.6 Å². The molecule has 0 radical (unpaired) electrons. The van der Waals surface area contributed by atoms with E-state index >= 15 is 0 Å². The molecule has 0 spiro atoms. The lowest BCUT2D eigenvalue weighted by Gasteiger charge is -2.21. The highest BCUT2D eigenvalue weighted by atomic mass is 35.5. The Bertz CT molecular complexity index is 1020. The van der Waals surface area contributed by atoms with Gasteiger partial charge in [0, 0.05) is 31.3 Å². The van der Waals surface area contributed by atoms with E-state index in [1.165, 1.54) is 18.4 Å². The fourth-order valence-electron chi connectivity index (χ4n) is 4.59. The van der Waals surface area contributed by atoms with E-state index < -0.39 is 0 Å². The highest BCUT2D eigenvalue weighted by Gasteiger charge is 2.60. The molecule has 3 heterocycles. The minimum atomic E-state index is -0.153. The highest BCUT2D eigenvalue weighted by Crippen LogP contribution is 2.58. The van der Waals surface area contributed by atoms with Gasteiger partial charge in [-0.2, -0.15) is 0 Å². The average Bonchev–Trinajstić information content (AvgIpc) is 3.02. The first-order chi connectivity index (χ1) is 14.1. The Hall–Kier alpha value is -1.90. The Morgan fingerprint density at radius 1 is 1.27 bits per heavy atom. The molecule has 2 aromatic heterocycles. The van der Waals surface area contributed by atoms with Gasteiger partial charge >= 0.3 is 0 Å². The van der Waals surface area contributed by atoms with E-state index in [2.05, 4.69) is 20.1 Å². The zero-order valence-corrected chi connectivity index (χ0v) is 18.7. The summed E-state index contributed by atoms with van der Waals surface area (Å²) in [6.45, 7) is 5.23. The summed E-state index contributed by atoms with van der Waals surface area (Å²) in [5, 5.41) is 9.46. The molecule has 30 heavy (non-hydrogen) atoms. The van der Waals surface area contributed by atoms with Crippen LogP contribution < -0.4 is 0 Å². The first-order valence-corrected chi connectivity index (χ1v) is 11.0. The molecule has 2 fully saturated rings. The number of thioether (sulfide) groups is 1. The van der Waals surface area contributed by atoms with Crippen LogP contribution >= 0.6 is 24.2 Å². The normalized spacial score (nSPS) is 22.7. The Kier molecular flexibility index (Phi) is 5.92. The zero-order valence-electron chi connectivity index (χ0n) is 17.0. The quantitative estimate of drug-likeness (QED) is 0.400. The molecule has 160 valence electrons. The maximum atomic E-state index is 13.2. The predicted molar refractivity (Wildman–Crippen MR) is 116 cm³/mol. The monoisotopic (exact) mass is 449 g/mol. The number of hydrogen-bond donors (Lipinski definition) is 0. The molecule has 6 nitrogen and oxygen atoms in total. The van der Waals surface area contributed by atoms with Gasteiger partial charge in [-0.15, -0.1) is 22.6 Å². The number of oxazole rings is 1. The third-order valence-corrected chi connectivity index (χ3v) is 7.38. The topological polar surface area (TPSA) is 60.0 Å². The number of rotatable bonds is 7. The second kappa shape index (κ2) is 8.32. The third-order valence-electron chi connectivity index (χ3n) is 6.27. The minimum absolute atomic E-state index is 0. The molecule has 2 aliphatic rings. The second-order valence-electron chi connectivity index (χ2n) is 8.13. The van der Waals surface area contributed by atoms with Crippen LogP contribution in [-0.4, -0.2) is 50.0 Å². The molecule has 1 saturated heterocycles. The van der Waals surface area contributed by atoms with Crippen molar-refractivity contribution in [3.05, 3.63) is 47.7 Å². The molecule has 0 amide bonds. The van der Waals surface area contributed by atoms with Gasteiger partial charge in [-0.1, -0.05) is 23.9 Å². The van der Waals surface area contributed by atoms with Gasteiger partial charge in [0.2, 0.25) is 5.82 Å². The zero-order chi connectivity index (χ0) is 20.0. The number of benzene rings is 1. The van der Waals surface area contributed by atoms with Crippen molar-refractivity contribution in [2.45, 2.75) is 30.3 Å². The van der Waals surface area contributed by atoms with Crippen molar-refractivity contribution < 1.29 is 8.81 Å². The first-order valence-electron chi connectivity index (χ1n) is 9.98. The lowest BCUT2D eigenvalue weighted by molar-refractivity contribution is 0.299. The molecular formula is C21H25ClFN5OS. The van der Waals surface area contributed by atoms with Crippen LogP contribution in [0.5, 0.6) is 0 Å². The standard InChI is InChI=1S/C21H24FN5OS.ClH/c1-14-18(28-13-23-14)19-24-25-20(26(19)2)29-9-3-8-27-11-16-10-21(16,12-27)15-4-6-17(22)7-5-15;/h4-7,13,16H,3,8-12H2,1-2H3;1H. The van der Waals surface area contributed by atoms with E-state index in [0.29, 0.717) is 11.6 Å². The number of aromatic nitrogens is 4. The average molecular weight is 450 g/mol. The Morgan fingerprint density at radius 2 is 2.07 bits per heavy atom. The highest BCUT2D eigenvalue weighted by molar-refractivity contribution is 7.99. The van der Waals surface area contributed by atoms with Crippen molar-refractivity contribution in [3.63, 3.8) is 0 Å². The van der Waals surface area contributed by atoms with Gasteiger partial charge in [0.15, 0.2) is 17.3 Å². The van der Waals surface area contributed by atoms with E-state index in [4.69, 9.17) is 4.42 Å². The number of piperidine rings is 1. The van der Waals surface area contributed by atoms with Gasteiger partial charge in [0.05, 0.1) is 5.69 Å². The van der Waals surface area contributed by atoms with Crippen LogP contribution in [0, 0.1) is 18.7 Å². The molecule has 9 heteroatoms. The van der Waals surface area contributed by atoms with E-state index in [-0.39, 0.29) is 23.6 Å². The van der Waals surface area contributed by atoms with Gasteiger partial charge in [0.25, 0.3) is 0 Å². The minimum Gasteiger partial charge on any atom is -0.440 e. The Balaban J connectivity index is 0.00000218. The van der Waals surface area contributed by atoms with E-state index in [9.17, 15) is 4.39 Å². The summed E-state index contributed by atoms with van der Waals surface area (Å²) in [4.78, 5) is 6.68. The number of likely N-dealkylation sites (tertiary alicyclic amines) is 1.